The first kappa shape index (κ1) is 18.0. The fourth-order valence-corrected chi connectivity index (χ4v) is 2.94. The highest BCUT2D eigenvalue weighted by atomic mass is 32.1. The molecule has 1 aromatic rings. The third-order valence-corrected chi connectivity index (χ3v) is 4.34. The number of rotatable bonds is 7. The van der Waals surface area contributed by atoms with E-state index in [0.29, 0.717) is 12.6 Å². The van der Waals surface area contributed by atoms with Crippen LogP contribution < -0.4 is 10.6 Å². The highest BCUT2D eigenvalue weighted by molar-refractivity contribution is 7.11. The van der Waals surface area contributed by atoms with Crippen LogP contribution >= 0.6 is 11.3 Å². The van der Waals surface area contributed by atoms with Crippen molar-refractivity contribution in [2.24, 2.45) is 10.9 Å². The van der Waals surface area contributed by atoms with Crippen molar-refractivity contribution in [3.8, 4) is 0 Å². The van der Waals surface area contributed by atoms with E-state index in [1.165, 1.54) is 17.7 Å². The fraction of sp³-hybridized carbons (Fsp3) is 0.750. The first-order valence-corrected chi connectivity index (χ1v) is 8.71. The quantitative estimate of drug-likeness (QED) is 0.597. The summed E-state index contributed by atoms with van der Waals surface area (Å²) >= 11 is 1.73. The van der Waals surface area contributed by atoms with Crippen LogP contribution in [0.25, 0.3) is 0 Å². The summed E-state index contributed by atoms with van der Waals surface area (Å²) in [5.41, 5.74) is 1.10. The van der Waals surface area contributed by atoms with Crippen LogP contribution in [-0.2, 0) is 6.54 Å². The summed E-state index contributed by atoms with van der Waals surface area (Å²) in [6, 6.07) is 0.439. The Balaban J connectivity index is 2.59. The summed E-state index contributed by atoms with van der Waals surface area (Å²) in [4.78, 5) is 10.4. The second kappa shape index (κ2) is 9.03. The minimum atomic E-state index is 0.439. The molecule has 0 fully saturated rings. The van der Waals surface area contributed by atoms with Crippen LogP contribution in [0.4, 0.5) is 0 Å². The summed E-state index contributed by atoms with van der Waals surface area (Å²) in [5.74, 6) is 1.65. The molecule has 0 radical (unpaired) electrons. The van der Waals surface area contributed by atoms with Crippen molar-refractivity contribution in [1.82, 2.24) is 15.6 Å². The Kier molecular flexibility index (Phi) is 7.72. The number of guanidine groups is 1. The molecule has 0 saturated heterocycles. The molecule has 1 unspecified atom stereocenters. The highest BCUT2D eigenvalue weighted by Gasteiger charge is 2.08. The molecule has 1 atom stereocenters. The highest BCUT2D eigenvalue weighted by Crippen LogP contribution is 2.17. The lowest BCUT2D eigenvalue weighted by Gasteiger charge is -2.18. The zero-order valence-electron chi connectivity index (χ0n) is 14.3. The smallest absolute Gasteiger partial charge is 0.191 e. The molecule has 4 nitrogen and oxygen atoms in total. The molecule has 0 amide bonds. The molecule has 1 rings (SSSR count). The molecule has 0 bridgehead atoms. The van der Waals surface area contributed by atoms with Crippen molar-refractivity contribution in [1.29, 1.82) is 0 Å². The monoisotopic (exact) mass is 310 g/mol. The number of nitrogens with zero attached hydrogens (tertiary/aromatic N) is 2. The maximum absolute atomic E-state index is 4.69. The largest absolute Gasteiger partial charge is 0.357 e. The van der Waals surface area contributed by atoms with Gasteiger partial charge in [-0.3, -0.25) is 0 Å². The summed E-state index contributed by atoms with van der Waals surface area (Å²) < 4.78 is 0. The molecule has 0 saturated carbocycles. The molecule has 0 spiro atoms. The molecule has 5 heteroatoms. The number of hydrogen-bond acceptors (Lipinski definition) is 3. The van der Waals surface area contributed by atoms with E-state index in [0.717, 1.165) is 29.1 Å². The molecule has 0 aliphatic carbocycles. The minimum Gasteiger partial charge on any atom is -0.357 e. The van der Waals surface area contributed by atoms with E-state index >= 15 is 0 Å². The molecular weight excluding hydrogens is 280 g/mol. The third kappa shape index (κ3) is 6.93. The van der Waals surface area contributed by atoms with Gasteiger partial charge in [0.25, 0.3) is 0 Å². The molecular formula is C16H30N4S. The van der Waals surface area contributed by atoms with E-state index in [1.807, 2.05) is 6.92 Å². The van der Waals surface area contributed by atoms with Gasteiger partial charge in [-0.25, -0.2) is 9.98 Å². The van der Waals surface area contributed by atoms with Crippen LogP contribution in [0.3, 0.4) is 0 Å². The SMILES string of the molecule is CCNC(=NCc1sc(C)nc1C)NC(C)CCC(C)C. The fourth-order valence-electron chi connectivity index (χ4n) is 2.08. The second-order valence-corrected chi connectivity index (χ2v) is 7.24. The summed E-state index contributed by atoms with van der Waals surface area (Å²) in [6.07, 6.45) is 2.40. The number of aryl methyl sites for hydroxylation is 2. The first-order chi connectivity index (χ1) is 9.92. The van der Waals surface area contributed by atoms with Gasteiger partial charge >= 0.3 is 0 Å². The van der Waals surface area contributed by atoms with Crippen LogP contribution in [0.2, 0.25) is 0 Å². The molecule has 21 heavy (non-hydrogen) atoms. The number of aromatic nitrogens is 1. The van der Waals surface area contributed by atoms with Gasteiger partial charge in [-0.1, -0.05) is 13.8 Å². The van der Waals surface area contributed by atoms with E-state index < -0.39 is 0 Å². The van der Waals surface area contributed by atoms with Crippen LogP contribution in [0, 0.1) is 19.8 Å². The second-order valence-electron chi connectivity index (χ2n) is 5.95. The molecule has 1 heterocycles. The van der Waals surface area contributed by atoms with Crippen molar-refractivity contribution >= 4 is 17.3 Å². The van der Waals surface area contributed by atoms with Crippen LogP contribution in [0.15, 0.2) is 4.99 Å². The van der Waals surface area contributed by atoms with E-state index in [4.69, 9.17) is 0 Å². The maximum atomic E-state index is 4.69. The average molecular weight is 311 g/mol. The Morgan fingerprint density at radius 3 is 2.48 bits per heavy atom. The summed E-state index contributed by atoms with van der Waals surface area (Å²) in [5, 5.41) is 7.93. The van der Waals surface area contributed by atoms with E-state index in [2.05, 4.69) is 55.2 Å². The van der Waals surface area contributed by atoms with Gasteiger partial charge in [-0.15, -0.1) is 11.3 Å². The van der Waals surface area contributed by atoms with Crippen molar-refractivity contribution in [2.75, 3.05) is 6.54 Å². The zero-order chi connectivity index (χ0) is 15.8. The Labute approximate surface area is 133 Å². The van der Waals surface area contributed by atoms with Gasteiger partial charge < -0.3 is 10.6 Å². The number of hydrogen-bond donors (Lipinski definition) is 2. The lowest BCUT2D eigenvalue weighted by Crippen LogP contribution is -2.42. The minimum absolute atomic E-state index is 0.439. The Bertz CT molecular complexity index is 451. The maximum Gasteiger partial charge on any atom is 0.191 e. The molecule has 120 valence electrons. The number of aliphatic imine (C=N–C) groups is 1. The van der Waals surface area contributed by atoms with Gasteiger partial charge in [-0.05, 0) is 46.5 Å². The van der Waals surface area contributed by atoms with Crippen molar-refractivity contribution < 1.29 is 0 Å². The molecule has 1 aromatic heterocycles. The van der Waals surface area contributed by atoms with E-state index in [9.17, 15) is 0 Å². The summed E-state index contributed by atoms with van der Waals surface area (Å²) in [7, 11) is 0. The Morgan fingerprint density at radius 1 is 1.24 bits per heavy atom. The standard InChI is InChI=1S/C16H30N4S/c1-7-17-16(19-12(4)9-8-11(2)3)18-10-15-13(5)20-14(6)21-15/h11-12H,7-10H2,1-6H3,(H2,17,18,19). The Hall–Kier alpha value is -1.10. The zero-order valence-corrected chi connectivity index (χ0v) is 15.1. The van der Waals surface area contributed by atoms with Crippen molar-refractivity contribution in [2.45, 2.75) is 67.0 Å². The molecule has 0 aliphatic heterocycles. The number of nitrogens with one attached hydrogen (secondary N) is 2. The van der Waals surface area contributed by atoms with E-state index in [1.54, 1.807) is 11.3 Å². The molecule has 2 N–H and O–H groups in total. The van der Waals surface area contributed by atoms with Crippen molar-refractivity contribution in [3.05, 3.63) is 15.6 Å². The van der Waals surface area contributed by atoms with Gasteiger partial charge in [0.1, 0.15) is 0 Å². The molecule has 0 aromatic carbocycles. The van der Waals surface area contributed by atoms with Gasteiger partial charge in [0, 0.05) is 17.5 Å². The summed E-state index contributed by atoms with van der Waals surface area (Å²) in [6.45, 7) is 14.5. The van der Waals surface area contributed by atoms with E-state index in [-0.39, 0.29) is 0 Å². The van der Waals surface area contributed by atoms with Crippen LogP contribution in [0.5, 0.6) is 0 Å². The van der Waals surface area contributed by atoms with Crippen LogP contribution in [0.1, 0.15) is 56.1 Å². The van der Waals surface area contributed by atoms with Gasteiger partial charge in [0.05, 0.1) is 17.2 Å². The lowest BCUT2D eigenvalue weighted by molar-refractivity contribution is 0.489. The third-order valence-electron chi connectivity index (χ3n) is 3.28. The van der Waals surface area contributed by atoms with Gasteiger partial charge in [0.15, 0.2) is 5.96 Å². The first-order valence-electron chi connectivity index (χ1n) is 7.90. The Morgan fingerprint density at radius 2 is 1.95 bits per heavy atom. The number of thiazole rings is 1. The predicted molar refractivity (Wildman–Crippen MR) is 93.1 cm³/mol. The normalized spacial score (nSPS) is 13.6. The van der Waals surface area contributed by atoms with Gasteiger partial charge in [0.2, 0.25) is 0 Å². The predicted octanol–water partition coefficient (Wildman–Crippen LogP) is 3.64. The average Bonchev–Trinajstić information content (AvgIpc) is 2.72. The van der Waals surface area contributed by atoms with Crippen LogP contribution in [-0.4, -0.2) is 23.5 Å². The molecule has 0 aliphatic rings. The topological polar surface area (TPSA) is 49.3 Å². The van der Waals surface area contributed by atoms with Crippen molar-refractivity contribution in [3.63, 3.8) is 0 Å². The lowest BCUT2D eigenvalue weighted by atomic mass is 10.0. The van der Waals surface area contributed by atoms with Gasteiger partial charge in [-0.2, -0.15) is 0 Å².